The van der Waals surface area contributed by atoms with Crippen LogP contribution >= 0.6 is 0 Å². The summed E-state index contributed by atoms with van der Waals surface area (Å²) in [6.07, 6.45) is 0.711. The first-order valence-corrected chi connectivity index (χ1v) is 8.95. The van der Waals surface area contributed by atoms with Crippen LogP contribution in [0.15, 0.2) is 48.5 Å². The van der Waals surface area contributed by atoms with E-state index in [2.05, 4.69) is 5.32 Å². The van der Waals surface area contributed by atoms with Crippen molar-refractivity contribution in [2.45, 2.75) is 39.3 Å². The lowest BCUT2D eigenvalue weighted by atomic mass is 10.1. The maximum Gasteiger partial charge on any atom is 0.254 e. The van der Waals surface area contributed by atoms with E-state index in [0.717, 1.165) is 17.7 Å². The largest absolute Gasteiger partial charge is 0.352 e. The van der Waals surface area contributed by atoms with Crippen LogP contribution in [0.2, 0.25) is 0 Å². The minimum Gasteiger partial charge on any atom is -0.352 e. The number of carbonyl (C=O) groups is 2. The topological polar surface area (TPSA) is 49.4 Å². The molecule has 0 aliphatic rings. The van der Waals surface area contributed by atoms with E-state index >= 15 is 0 Å². The molecule has 0 bridgehead atoms. The third-order valence-corrected chi connectivity index (χ3v) is 4.17. The van der Waals surface area contributed by atoms with E-state index in [1.54, 1.807) is 4.90 Å². The molecule has 0 saturated carbocycles. The molecule has 0 radical (unpaired) electrons. The number of nitrogens with zero attached hydrogens (tertiary/aromatic N) is 1. The third-order valence-electron chi connectivity index (χ3n) is 4.17. The summed E-state index contributed by atoms with van der Waals surface area (Å²) in [5.74, 6) is -2.26. The molecule has 0 saturated heterocycles. The van der Waals surface area contributed by atoms with Gasteiger partial charge in [0.2, 0.25) is 5.91 Å². The summed E-state index contributed by atoms with van der Waals surface area (Å²) in [4.78, 5) is 26.2. The molecule has 2 amide bonds. The first-order valence-electron chi connectivity index (χ1n) is 8.95. The van der Waals surface area contributed by atoms with Crippen molar-refractivity contribution >= 4 is 11.8 Å². The second-order valence-electron chi connectivity index (χ2n) is 6.58. The number of benzene rings is 2. The van der Waals surface area contributed by atoms with Crippen LogP contribution in [0.1, 0.15) is 42.6 Å². The summed E-state index contributed by atoms with van der Waals surface area (Å²) in [5, 5.41) is 2.56. The van der Waals surface area contributed by atoms with Crippen LogP contribution < -0.4 is 5.32 Å². The fraction of sp³-hybridized carbons (Fsp3) is 0.333. The van der Waals surface area contributed by atoms with Crippen molar-refractivity contribution in [1.29, 1.82) is 0 Å². The van der Waals surface area contributed by atoms with E-state index in [1.807, 2.05) is 44.2 Å². The highest BCUT2D eigenvalue weighted by Gasteiger charge is 2.17. The van der Waals surface area contributed by atoms with Crippen molar-refractivity contribution in [2.24, 2.45) is 0 Å². The highest BCUT2D eigenvalue weighted by molar-refractivity contribution is 5.94. The molecule has 27 heavy (non-hydrogen) atoms. The van der Waals surface area contributed by atoms with Crippen LogP contribution in [0.4, 0.5) is 8.78 Å². The Kier molecular flexibility index (Phi) is 7.46. The number of amides is 2. The molecule has 0 aliphatic carbocycles. The van der Waals surface area contributed by atoms with Crippen molar-refractivity contribution in [3.8, 4) is 0 Å². The molecule has 1 N–H and O–H groups in total. The van der Waals surface area contributed by atoms with Gasteiger partial charge < -0.3 is 10.2 Å². The van der Waals surface area contributed by atoms with Crippen molar-refractivity contribution in [1.82, 2.24) is 10.2 Å². The standard InChI is InChI=1S/C21H24F2N2O2/c1-15(2)25(14-16-7-4-3-5-8-16)20(26)9-6-12-24-21(27)18-11-10-17(22)13-19(18)23/h3-5,7-8,10-11,13,15H,6,9,12,14H2,1-2H3,(H,24,27). The van der Waals surface area contributed by atoms with Gasteiger partial charge in [-0.2, -0.15) is 0 Å². The van der Waals surface area contributed by atoms with E-state index in [0.29, 0.717) is 19.0 Å². The molecule has 144 valence electrons. The molecular formula is C21H24F2N2O2. The quantitative estimate of drug-likeness (QED) is 0.712. The van der Waals surface area contributed by atoms with Gasteiger partial charge in [0.1, 0.15) is 11.6 Å². The van der Waals surface area contributed by atoms with Crippen LogP contribution in [-0.4, -0.2) is 29.3 Å². The average molecular weight is 374 g/mol. The molecular weight excluding hydrogens is 350 g/mol. The second kappa shape index (κ2) is 9.80. The molecule has 0 aliphatic heterocycles. The smallest absolute Gasteiger partial charge is 0.254 e. The van der Waals surface area contributed by atoms with E-state index in [-0.39, 0.29) is 30.5 Å². The van der Waals surface area contributed by atoms with Crippen molar-refractivity contribution < 1.29 is 18.4 Å². The van der Waals surface area contributed by atoms with E-state index in [1.165, 1.54) is 0 Å². The first kappa shape index (κ1) is 20.6. The van der Waals surface area contributed by atoms with Crippen LogP contribution in [0, 0.1) is 11.6 Å². The lowest BCUT2D eigenvalue weighted by molar-refractivity contribution is -0.133. The Morgan fingerprint density at radius 2 is 1.78 bits per heavy atom. The Morgan fingerprint density at radius 1 is 1.07 bits per heavy atom. The van der Waals surface area contributed by atoms with Crippen molar-refractivity contribution in [2.75, 3.05) is 6.54 Å². The lowest BCUT2D eigenvalue weighted by Gasteiger charge is -2.27. The third kappa shape index (κ3) is 6.16. The maximum absolute atomic E-state index is 13.6. The molecule has 0 heterocycles. The highest BCUT2D eigenvalue weighted by Crippen LogP contribution is 2.12. The summed E-state index contributed by atoms with van der Waals surface area (Å²) in [6.45, 7) is 4.68. The summed E-state index contributed by atoms with van der Waals surface area (Å²) in [6, 6.07) is 12.6. The molecule has 2 aromatic carbocycles. The number of rotatable bonds is 8. The summed E-state index contributed by atoms with van der Waals surface area (Å²) in [7, 11) is 0. The fourth-order valence-corrected chi connectivity index (χ4v) is 2.69. The van der Waals surface area contributed by atoms with Crippen LogP contribution in [0.5, 0.6) is 0 Å². The zero-order chi connectivity index (χ0) is 19.8. The van der Waals surface area contributed by atoms with Gasteiger partial charge in [0, 0.05) is 31.6 Å². The number of hydrogen-bond acceptors (Lipinski definition) is 2. The molecule has 2 aromatic rings. The van der Waals surface area contributed by atoms with Gasteiger partial charge in [0.15, 0.2) is 0 Å². The summed E-state index contributed by atoms with van der Waals surface area (Å²) < 4.78 is 26.5. The van der Waals surface area contributed by atoms with E-state index in [9.17, 15) is 18.4 Å². The van der Waals surface area contributed by atoms with Crippen molar-refractivity contribution in [3.63, 3.8) is 0 Å². The van der Waals surface area contributed by atoms with Crippen molar-refractivity contribution in [3.05, 3.63) is 71.3 Å². The van der Waals surface area contributed by atoms with Gasteiger partial charge in [0.05, 0.1) is 5.56 Å². The Balaban J connectivity index is 1.82. The second-order valence-corrected chi connectivity index (χ2v) is 6.58. The Hall–Kier alpha value is -2.76. The number of carbonyl (C=O) groups excluding carboxylic acids is 2. The van der Waals surface area contributed by atoms with Gasteiger partial charge in [0.25, 0.3) is 5.91 Å². The fourth-order valence-electron chi connectivity index (χ4n) is 2.69. The van der Waals surface area contributed by atoms with E-state index < -0.39 is 17.5 Å². The van der Waals surface area contributed by atoms with Gasteiger partial charge in [-0.25, -0.2) is 8.78 Å². The molecule has 4 nitrogen and oxygen atoms in total. The van der Waals surface area contributed by atoms with Gasteiger partial charge in [-0.15, -0.1) is 0 Å². The molecule has 0 atom stereocenters. The number of nitrogens with one attached hydrogen (secondary N) is 1. The van der Waals surface area contributed by atoms with Crippen LogP contribution in [0.3, 0.4) is 0 Å². The predicted octanol–water partition coefficient (Wildman–Crippen LogP) is 3.91. The predicted molar refractivity (Wildman–Crippen MR) is 100 cm³/mol. The van der Waals surface area contributed by atoms with Crippen LogP contribution in [-0.2, 0) is 11.3 Å². The first-order chi connectivity index (χ1) is 12.9. The Morgan fingerprint density at radius 3 is 2.41 bits per heavy atom. The van der Waals surface area contributed by atoms with Gasteiger partial charge in [-0.05, 0) is 38.0 Å². The maximum atomic E-state index is 13.6. The van der Waals surface area contributed by atoms with Gasteiger partial charge >= 0.3 is 0 Å². The van der Waals surface area contributed by atoms with E-state index in [4.69, 9.17) is 0 Å². The normalized spacial score (nSPS) is 10.7. The monoisotopic (exact) mass is 374 g/mol. The SMILES string of the molecule is CC(C)N(Cc1ccccc1)C(=O)CCCNC(=O)c1ccc(F)cc1F. The van der Waals surface area contributed by atoms with Crippen LogP contribution in [0.25, 0.3) is 0 Å². The average Bonchev–Trinajstić information content (AvgIpc) is 2.63. The molecule has 0 spiro atoms. The van der Waals surface area contributed by atoms with Gasteiger partial charge in [-0.1, -0.05) is 30.3 Å². The zero-order valence-corrected chi connectivity index (χ0v) is 15.5. The molecule has 0 aromatic heterocycles. The molecule has 0 fully saturated rings. The lowest BCUT2D eigenvalue weighted by Crippen LogP contribution is -2.36. The molecule has 0 unspecified atom stereocenters. The Bertz CT molecular complexity index is 779. The van der Waals surface area contributed by atoms with Gasteiger partial charge in [-0.3, -0.25) is 9.59 Å². The number of halogens is 2. The molecule has 2 rings (SSSR count). The minimum atomic E-state index is -0.905. The number of hydrogen-bond donors (Lipinski definition) is 1. The highest BCUT2D eigenvalue weighted by atomic mass is 19.1. The Labute approximate surface area is 158 Å². The summed E-state index contributed by atoms with van der Waals surface area (Å²) >= 11 is 0. The summed E-state index contributed by atoms with van der Waals surface area (Å²) in [5.41, 5.74) is 0.843. The molecule has 6 heteroatoms. The zero-order valence-electron chi connectivity index (χ0n) is 15.5. The minimum absolute atomic E-state index is 0.00364.